The van der Waals surface area contributed by atoms with Crippen molar-refractivity contribution in [2.45, 2.75) is 360 Å². The fourth-order valence-corrected chi connectivity index (χ4v) is 12.8. The Hall–Kier alpha value is -2.40. The first-order valence-electron chi connectivity index (χ1n) is 34.8. The molecular weight excluding hydrogens is 973 g/mol. The van der Waals surface area contributed by atoms with E-state index in [0.29, 0.717) is 19.8 Å². The van der Waals surface area contributed by atoms with E-state index in [1.807, 2.05) is 6.07 Å². The van der Waals surface area contributed by atoms with Gasteiger partial charge in [-0.05, 0) is 43.7 Å². The number of hydrogen-bond donors (Lipinski definition) is 0. The monoisotopic (exact) mass is 1100 g/mol. The van der Waals surface area contributed by atoms with E-state index < -0.39 is 0 Å². The van der Waals surface area contributed by atoms with Crippen molar-refractivity contribution in [1.82, 2.24) is 0 Å². The molecular formula is C73H126O4S. The first-order valence-corrected chi connectivity index (χ1v) is 35.6. The molecule has 0 aliphatic carbocycles. The van der Waals surface area contributed by atoms with Gasteiger partial charge in [-0.1, -0.05) is 365 Å². The summed E-state index contributed by atoms with van der Waals surface area (Å²) in [5, 5.41) is 0. The molecule has 3 rings (SSSR count). The van der Waals surface area contributed by atoms with Crippen LogP contribution in [0.4, 0.5) is 0 Å². The van der Waals surface area contributed by atoms with E-state index in [1.165, 1.54) is 283 Å². The molecule has 1 aliphatic heterocycles. The fraction of sp³-hybridized carbons (Fsp3) is 0.795. The maximum Gasteiger partial charge on any atom is 0.205 e. The number of hydrogen-bond acceptors (Lipinski definition) is 5. The minimum atomic E-state index is 0.105. The van der Waals surface area contributed by atoms with E-state index in [0.717, 1.165) is 88.7 Å². The standard InChI is InChI=1S/C73H126O4S/c1-5-9-13-16-19-22-25-28-31-34-37-40-43-46-49-55-61-75-70-66(60-12-8-4)68-69(74)67(64-65-58-53-52-54-59-65)78-73(68)72(77-63-57-51-48-45-42-39-36-33-30-27-24-21-18-15-11-7-3)71(70)76-62-56-50-47-44-41-38-35-32-29-26-23-20-17-14-10-6-2/h52-54,58-59,64H,5-51,55-57,60-63H2,1-4H3. The lowest BCUT2D eigenvalue weighted by molar-refractivity contribution is 0.104. The van der Waals surface area contributed by atoms with Crippen LogP contribution in [-0.4, -0.2) is 25.6 Å². The second-order valence-corrected chi connectivity index (χ2v) is 25.1. The van der Waals surface area contributed by atoms with Crippen LogP contribution in [0.15, 0.2) is 40.1 Å². The van der Waals surface area contributed by atoms with E-state index in [-0.39, 0.29) is 5.78 Å². The molecule has 1 heterocycles. The van der Waals surface area contributed by atoms with Gasteiger partial charge in [0, 0.05) is 11.1 Å². The summed E-state index contributed by atoms with van der Waals surface area (Å²) in [4.78, 5) is 16.5. The number of carbonyl (C=O) groups excluding carboxylic acids is 1. The molecule has 0 aromatic heterocycles. The van der Waals surface area contributed by atoms with Gasteiger partial charge in [-0.15, -0.1) is 0 Å². The average molecular weight is 1100 g/mol. The van der Waals surface area contributed by atoms with Crippen LogP contribution in [0.1, 0.15) is 370 Å². The summed E-state index contributed by atoms with van der Waals surface area (Å²) >= 11 is 1.59. The van der Waals surface area contributed by atoms with Gasteiger partial charge in [-0.25, -0.2) is 0 Å². The Balaban J connectivity index is 1.63. The molecule has 0 amide bonds. The van der Waals surface area contributed by atoms with Crippen molar-refractivity contribution in [2.75, 3.05) is 19.8 Å². The maximum absolute atomic E-state index is 14.8. The first kappa shape index (κ1) is 69.9. The molecule has 0 bridgehead atoms. The van der Waals surface area contributed by atoms with Crippen LogP contribution in [0.5, 0.6) is 17.2 Å². The predicted molar refractivity (Wildman–Crippen MR) is 345 cm³/mol. The number of ether oxygens (including phenoxy) is 3. The number of ketones is 1. The van der Waals surface area contributed by atoms with Gasteiger partial charge in [0.05, 0.1) is 29.6 Å². The molecule has 0 saturated heterocycles. The van der Waals surface area contributed by atoms with Crippen LogP contribution in [-0.2, 0) is 6.42 Å². The quantitative estimate of drug-likeness (QED) is 0.0488. The van der Waals surface area contributed by atoms with Crippen LogP contribution in [0, 0.1) is 0 Å². The highest BCUT2D eigenvalue weighted by Gasteiger charge is 2.37. The minimum absolute atomic E-state index is 0.105. The summed E-state index contributed by atoms with van der Waals surface area (Å²) in [6.45, 7) is 11.1. The van der Waals surface area contributed by atoms with Crippen molar-refractivity contribution in [2.24, 2.45) is 0 Å². The zero-order valence-corrected chi connectivity index (χ0v) is 53.0. The average Bonchev–Trinajstić information content (AvgIpc) is 3.88. The lowest BCUT2D eigenvalue weighted by Gasteiger charge is -2.23. The molecule has 78 heavy (non-hydrogen) atoms. The second-order valence-electron chi connectivity index (χ2n) is 24.1. The summed E-state index contributed by atoms with van der Waals surface area (Å²) in [7, 11) is 0. The van der Waals surface area contributed by atoms with Crippen molar-refractivity contribution in [3.05, 3.63) is 51.9 Å². The lowest BCUT2D eigenvalue weighted by Crippen LogP contribution is -2.12. The van der Waals surface area contributed by atoms with Crippen LogP contribution < -0.4 is 14.2 Å². The van der Waals surface area contributed by atoms with Gasteiger partial charge >= 0.3 is 0 Å². The van der Waals surface area contributed by atoms with E-state index in [4.69, 9.17) is 14.2 Å². The Morgan fingerprint density at radius 2 is 0.615 bits per heavy atom. The first-order chi connectivity index (χ1) is 38.7. The number of rotatable bonds is 58. The highest BCUT2D eigenvalue weighted by Crippen LogP contribution is 2.56. The Labute approximate surface area is 489 Å². The normalized spacial score (nSPS) is 12.8. The number of carbonyl (C=O) groups is 1. The lowest BCUT2D eigenvalue weighted by atomic mass is 9.96. The van der Waals surface area contributed by atoms with Crippen molar-refractivity contribution in [3.63, 3.8) is 0 Å². The molecule has 5 heteroatoms. The Kier molecular flexibility index (Phi) is 46.1. The van der Waals surface area contributed by atoms with Crippen LogP contribution in [0.2, 0.25) is 0 Å². The predicted octanol–water partition coefficient (Wildman–Crippen LogP) is 25.3. The number of thioether (sulfide) groups is 1. The van der Waals surface area contributed by atoms with E-state index in [9.17, 15) is 4.79 Å². The number of unbranched alkanes of at least 4 members (excludes halogenated alkanes) is 46. The largest absolute Gasteiger partial charge is 0.489 e. The van der Waals surface area contributed by atoms with E-state index >= 15 is 0 Å². The summed E-state index contributed by atoms with van der Waals surface area (Å²) in [5.74, 6) is 2.40. The van der Waals surface area contributed by atoms with Crippen molar-refractivity contribution >= 4 is 23.6 Å². The van der Waals surface area contributed by atoms with Gasteiger partial charge in [0.25, 0.3) is 0 Å². The molecule has 0 fully saturated rings. The molecule has 0 saturated carbocycles. The van der Waals surface area contributed by atoms with Gasteiger partial charge in [0.1, 0.15) is 0 Å². The molecule has 0 radical (unpaired) electrons. The molecule has 1 aliphatic rings. The fourth-order valence-electron chi connectivity index (χ4n) is 11.6. The van der Waals surface area contributed by atoms with Crippen LogP contribution in [0.25, 0.3) is 6.08 Å². The highest BCUT2D eigenvalue weighted by molar-refractivity contribution is 8.05. The molecule has 2 aromatic rings. The van der Waals surface area contributed by atoms with Gasteiger partial charge < -0.3 is 14.2 Å². The van der Waals surface area contributed by atoms with Gasteiger partial charge in [-0.3, -0.25) is 4.79 Å². The highest BCUT2D eigenvalue weighted by atomic mass is 32.2. The van der Waals surface area contributed by atoms with Crippen molar-refractivity contribution in [3.8, 4) is 17.2 Å². The molecule has 0 N–H and O–H groups in total. The second kappa shape index (κ2) is 51.5. The molecule has 0 atom stereocenters. The number of fused-ring (bicyclic) bond motifs is 1. The van der Waals surface area contributed by atoms with Gasteiger partial charge in [0.15, 0.2) is 11.5 Å². The Morgan fingerprint density at radius 3 is 0.936 bits per heavy atom. The molecule has 2 aromatic carbocycles. The molecule has 4 nitrogen and oxygen atoms in total. The number of allylic oxidation sites excluding steroid dienone is 1. The summed E-state index contributed by atoms with van der Waals surface area (Å²) in [6, 6.07) is 10.3. The van der Waals surface area contributed by atoms with Crippen molar-refractivity contribution in [1.29, 1.82) is 0 Å². The van der Waals surface area contributed by atoms with Gasteiger partial charge in [0.2, 0.25) is 11.5 Å². The number of Topliss-reactive ketones (excluding diaryl/α,β-unsaturated/α-hetero) is 1. The summed E-state index contributed by atoms with van der Waals surface area (Å²) in [5.41, 5.74) is 2.88. The summed E-state index contributed by atoms with van der Waals surface area (Å²) < 4.78 is 20.9. The third kappa shape index (κ3) is 34.1. The summed E-state index contributed by atoms with van der Waals surface area (Å²) in [6.07, 6.45) is 69.7. The zero-order valence-electron chi connectivity index (χ0n) is 52.2. The van der Waals surface area contributed by atoms with Crippen molar-refractivity contribution < 1.29 is 19.0 Å². The van der Waals surface area contributed by atoms with Crippen LogP contribution >= 0.6 is 11.8 Å². The Morgan fingerprint density at radius 1 is 0.333 bits per heavy atom. The minimum Gasteiger partial charge on any atom is -0.489 e. The van der Waals surface area contributed by atoms with E-state index in [2.05, 4.69) is 58.0 Å². The smallest absolute Gasteiger partial charge is 0.205 e. The molecule has 448 valence electrons. The third-order valence-corrected chi connectivity index (χ3v) is 17.8. The SMILES string of the molecule is CCCCCCCCCCCCCCCCCCOc1c(CCCC)c2c(c(OCCCCCCCCCCCCCCCCCC)c1OCCCCCCCCCCCCCCCCCC)SC(=Cc1ccccc1)C2=O. The molecule has 0 unspecified atom stereocenters. The third-order valence-electron chi connectivity index (χ3n) is 16.7. The maximum atomic E-state index is 14.8. The zero-order chi connectivity index (χ0) is 55.5. The van der Waals surface area contributed by atoms with Gasteiger partial charge in [-0.2, -0.15) is 0 Å². The van der Waals surface area contributed by atoms with Crippen LogP contribution in [0.3, 0.4) is 0 Å². The molecule has 0 spiro atoms. The Bertz CT molecular complexity index is 1700. The number of benzene rings is 2. The van der Waals surface area contributed by atoms with E-state index in [1.54, 1.807) is 11.8 Å². The topological polar surface area (TPSA) is 44.8 Å².